The van der Waals surface area contributed by atoms with Gasteiger partial charge in [0, 0.05) is 26.3 Å². The highest BCUT2D eigenvalue weighted by Gasteiger charge is 2.12. The maximum Gasteiger partial charge on any atom is 0.111 e. The van der Waals surface area contributed by atoms with Gasteiger partial charge in [-0.1, -0.05) is 43.1 Å². The van der Waals surface area contributed by atoms with Crippen LogP contribution in [0.2, 0.25) is 10.0 Å². The molecular weight excluding hydrogens is 385 g/mol. The Morgan fingerprint density at radius 3 is 2.45 bits per heavy atom. The van der Waals surface area contributed by atoms with E-state index in [1.165, 1.54) is 0 Å². The van der Waals surface area contributed by atoms with Crippen LogP contribution in [0.5, 0.6) is 0 Å². The Bertz CT molecular complexity index is 779. The molecule has 0 aliphatic rings. The molecule has 0 aliphatic heterocycles. The zero-order chi connectivity index (χ0) is 16.3. The molecule has 3 aromatic rings. The summed E-state index contributed by atoms with van der Waals surface area (Å²) in [5.74, 6) is 0. The number of rotatable bonds is 2. The van der Waals surface area contributed by atoms with E-state index in [9.17, 15) is 0 Å². The molecule has 0 aliphatic carbocycles. The van der Waals surface area contributed by atoms with E-state index in [0.717, 1.165) is 26.8 Å². The fourth-order valence-electron chi connectivity index (χ4n) is 2.14. The molecule has 6 heteroatoms. The second kappa shape index (κ2) is 7.44. The molecule has 3 nitrogen and oxygen atoms in total. The molecule has 2 aromatic heterocycles. The first kappa shape index (κ1) is 17.3. The van der Waals surface area contributed by atoms with E-state index in [2.05, 4.69) is 26.0 Å². The highest BCUT2D eigenvalue weighted by atomic mass is 79.9. The summed E-state index contributed by atoms with van der Waals surface area (Å²) >= 11 is 15.9. The Morgan fingerprint density at radius 2 is 1.82 bits per heavy atom. The predicted molar refractivity (Wildman–Crippen MR) is 96.9 cm³/mol. The third-order valence-electron chi connectivity index (χ3n) is 3.10. The maximum atomic E-state index is 6.22. The van der Waals surface area contributed by atoms with E-state index < -0.39 is 0 Å². The normalized spacial score (nSPS) is 10.5. The molecule has 116 valence electrons. The van der Waals surface area contributed by atoms with Gasteiger partial charge in [0.05, 0.1) is 17.8 Å². The number of benzene rings is 1. The molecule has 0 bridgehead atoms. The van der Waals surface area contributed by atoms with Crippen LogP contribution in [0.15, 0.2) is 34.9 Å². The summed E-state index contributed by atoms with van der Waals surface area (Å²) in [7, 11) is 0. The van der Waals surface area contributed by atoms with Gasteiger partial charge in [-0.3, -0.25) is 9.67 Å². The molecule has 0 amide bonds. The Hall–Kier alpha value is -1.10. The number of pyridine rings is 1. The minimum Gasteiger partial charge on any atom is -0.258 e. The molecule has 0 unspecified atom stereocenters. The van der Waals surface area contributed by atoms with Crippen LogP contribution in [0.1, 0.15) is 25.1 Å². The SMILES string of the molecule is CC.Cc1nn(Cc2c(Cl)cccc2Cl)c2cc(Br)cnc12. The van der Waals surface area contributed by atoms with Gasteiger partial charge < -0.3 is 0 Å². The predicted octanol–water partition coefficient (Wildman–Crippen LogP) is 5.88. The summed E-state index contributed by atoms with van der Waals surface area (Å²) < 4.78 is 2.78. The number of halogens is 3. The van der Waals surface area contributed by atoms with Crippen LogP contribution in [0, 0.1) is 6.92 Å². The quantitative estimate of drug-likeness (QED) is 0.537. The number of nitrogens with zero attached hydrogens (tertiary/aromatic N) is 3. The first-order valence-corrected chi connectivity index (χ1v) is 8.52. The molecule has 0 atom stereocenters. The molecule has 1 aromatic carbocycles. The van der Waals surface area contributed by atoms with Crippen LogP contribution in [-0.4, -0.2) is 14.8 Å². The van der Waals surface area contributed by atoms with Crippen molar-refractivity contribution < 1.29 is 0 Å². The van der Waals surface area contributed by atoms with Crippen LogP contribution in [0.25, 0.3) is 11.0 Å². The first-order valence-electron chi connectivity index (χ1n) is 6.98. The first-order chi connectivity index (χ1) is 10.6. The molecule has 0 N–H and O–H groups in total. The summed E-state index contributed by atoms with van der Waals surface area (Å²) in [6.07, 6.45) is 1.77. The summed E-state index contributed by atoms with van der Waals surface area (Å²) in [5, 5.41) is 5.81. The van der Waals surface area contributed by atoms with Crippen molar-refractivity contribution in [2.24, 2.45) is 0 Å². The fourth-order valence-corrected chi connectivity index (χ4v) is 2.98. The van der Waals surface area contributed by atoms with Gasteiger partial charge in [-0.25, -0.2) is 0 Å². The number of aromatic nitrogens is 3. The van der Waals surface area contributed by atoms with Gasteiger partial charge >= 0.3 is 0 Å². The van der Waals surface area contributed by atoms with Gasteiger partial charge in [0.15, 0.2) is 0 Å². The van der Waals surface area contributed by atoms with Crippen LogP contribution in [-0.2, 0) is 6.54 Å². The van der Waals surface area contributed by atoms with Crippen molar-refractivity contribution >= 4 is 50.2 Å². The van der Waals surface area contributed by atoms with E-state index in [1.54, 1.807) is 6.20 Å². The number of hydrogen-bond donors (Lipinski definition) is 0. The van der Waals surface area contributed by atoms with Crippen LogP contribution >= 0.6 is 39.1 Å². The van der Waals surface area contributed by atoms with Crippen LogP contribution in [0.3, 0.4) is 0 Å². The van der Waals surface area contributed by atoms with Crippen molar-refractivity contribution in [3.63, 3.8) is 0 Å². The summed E-state index contributed by atoms with van der Waals surface area (Å²) in [5.41, 5.74) is 3.58. The monoisotopic (exact) mass is 399 g/mol. The summed E-state index contributed by atoms with van der Waals surface area (Å²) in [6, 6.07) is 7.48. The van der Waals surface area contributed by atoms with E-state index in [0.29, 0.717) is 16.6 Å². The molecule has 0 saturated heterocycles. The van der Waals surface area contributed by atoms with Gasteiger partial charge in [-0.05, 0) is 41.1 Å². The van der Waals surface area contributed by atoms with E-state index in [-0.39, 0.29) is 0 Å². The van der Waals surface area contributed by atoms with Crippen LogP contribution in [0.4, 0.5) is 0 Å². The van der Waals surface area contributed by atoms with Crippen molar-refractivity contribution in [3.05, 3.63) is 56.2 Å². The Balaban J connectivity index is 0.000000847. The molecule has 0 saturated carbocycles. The Morgan fingerprint density at radius 1 is 1.18 bits per heavy atom. The second-order valence-corrected chi connectivity index (χ2v) is 6.19. The van der Waals surface area contributed by atoms with E-state index in [1.807, 2.05) is 49.7 Å². The standard InChI is InChI=1S/C14H10BrCl2N3.C2H6/c1-8-14-13(5-9(15)6-18-14)20(19-8)7-10-11(16)3-2-4-12(10)17;1-2/h2-6H,7H2,1H3;1-2H3. The Kier molecular flexibility index (Phi) is 5.84. The topological polar surface area (TPSA) is 30.7 Å². The number of hydrogen-bond acceptors (Lipinski definition) is 2. The second-order valence-electron chi connectivity index (χ2n) is 4.46. The smallest absolute Gasteiger partial charge is 0.111 e. The van der Waals surface area contributed by atoms with E-state index >= 15 is 0 Å². The summed E-state index contributed by atoms with van der Waals surface area (Å²) in [6.45, 7) is 6.45. The molecule has 2 heterocycles. The largest absolute Gasteiger partial charge is 0.258 e. The average Bonchev–Trinajstić information content (AvgIpc) is 2.81. The van der Waals surface area contributed by atoms with Gasteiger partial charge in [0.25, 0.3) is 0 Å². The van der Waals surface area contributed by atoms with Crippen molar-refractivity contribution in [1.82, 2.24) is 14.8 Å². The van der Waals surface area contributed by atoms with Gasteiger partial charge in [-0.15, -0.1) is 0 Å². The highest BCUT2D eigenvalue weighted by molar-refractivity contribution is 9.10. The van der Waals surface area contributed by atoms with Crippen molar-refractivity contribution in [2.45, 2.75) is 27.3 Å². The lowest BCUT2D eigenvalue weighted by Crippen LogP contribution is -2.03. The maximum absolute atomic E-state index is 6.22. The zero-order valence-electron chi connectivity index (χ0n) is 12.6. The minimum atomic E-state index is 0.515. The van der Waals surface area contributed by atoms with Gasteiger partial charge in [0.2, 0.25) is 0 Å². The van der Waals surface area contributed by atoms with Crippen LogP contribution < -0.4 is 0 Å². The number of aryl methyl sites for hydroxylation is 1. The Labute approximate surface area is 148 Å². The minimum absolute atomic E-state index is 0.515. The lowest BCUT2D eigenvalue weighted by Gasteiger charge is -2.08. The zero-order valence-corrected chi connectivity index (χ0v) is 15.7. The molecule has 0 fully saturated rings. The molecule has 22 heavy (non-hydrogen) atoms. The fraction of sp³-hybridized carbons (Fsp3) is 0.250. The van der Waals surface area contributed by atoms with E-state index in [4.69, 9.17) is 23.2 Å². The molecule has 0 radical (unpaired) electrons. The van der Waals surface area contributed by atoms with Gasteiger partial charge in [0.1, 0.15) is 5.52 Å². The number of fused-ring (bicyclic) bond motifs is 1. The third-order valence-corrected chi connectivity index (χ3v) is 4.24. The highest BCUT2D eigenvalue weighted by Crippen LogP contribution is 2.27. The summed E-state index contributed by atoms with van der Waals surface area (Å²) in [4.78, 5) is 4.39. The molecule has 3 rings (SSSR count). The molecular formula is C16H16BrCl2N3. The molecule has 0 spiro atoms. The third kappa shape index (κ3) is 3.45. The van der Waals surface area contributed by atoms with Gasteiger partial charge in [-0.2, -0.15) is 5.10 Å². The van der Waals surface area contributed by atoms with Crippen molar-refractivity contribution in [2.75, 3.05) is 0 Å². The lowest BCUT2D eigenvalue weighted by molar-refractivity contribution is 0.703. The average molecular weight is 401 g/mol. The van der Waals surface area contributed by atoms with Crippen molar-refractivity contribution in [3.8, 4) is 0 Å². The van der Waals surface area contributed by atoms with Crippen molar-refractivity contribution in [1.29, 1.82) is 0 Å². The lowest BCUT2D eigenvalue weighted by atomic mass is 10.2.